The molecule has 0 amide bonds. The molecule has 0 rings (SSSR count). The van der Waals surface area contributed by atoms with Gasteiger partial charge in [-0.05, 0) is 6.92 Å². The van der Waals surface area contributed by atoms with Crippen molar-refractivity contribution in [3.05, 3.63) is 20.2 Å². The molecule has 0 N–H and O–H groups in total. The zero-order valence-electron chi connectivity index (χ0n) is 7.13. The zero-order valence-corrected chi connectivity index (χ0v) is 10.3. The average Bonchev–Trinajstić information content (AvgIpc) is 1.85. The van der Waals surface area contributed by atoms with Gasteiger partial charge in [0, 0.05) is 51.4 Å². The minimum absolute atomic E-state index is 0. The molecule has 0 aromatic rings. The van der Waals surface area contributed by atoms with E-state index in [1.54, 1.807) is 0 Å². The molecule has 0 aliphatic heterocycles. The number of nitro groups is 2. The van der Waals surface area contributed by atoms with Crippen LogP contribution in [0.25, 0.3) is 0 Å². The fraction of sp³-hybridized carbons (Fsp3) is 0.750. The minimum Gasteiger partial charge on any atom is -0.455 e. The number of nitrogens with zero attached hydrogens (tertiary/aromatic N) is 2. The van der Waals surface area contributed by atoms with Gasteiger partial charge in [-0.3, -0.25) is 20.2 Å². The molecule has 0 saturated carbocycles. The Labute approximate surface area is 115 Å². The largest absolute Gasteiger partial charge is 0.545 e. The van der Waals surface area contributed by atoms with Gasteiger partial charge >= 0.3 is 12.1 Å². The Balaban J connectivity index is 0. The van der Waals surface area contributed by atoms with Crippen LogP contribution in [-0.2, 0) is 9.53 Å². The van der Waals surface area contributed by atoms with Crippen molar-refractivity contribution in [2.75, 3.05) is 6.61 Å². The second-order valence-corrected chi connectivity index (χ2v) is 1.70. The van der Waals surface area contributed by atoms with Crippen molar-refractivity contribution in [3.63, 3.8) is 0 Å². The summed E-state index contributed by atoms with van der Waals surface area (Å²) in [5, 5.41) is 19.8. The first-order chi connectivity index (χ1) is 5.50. The summed E-state index contributed by atoms with van der Waals surface area (Å²) >= 11 is 0. The molecule has 0 bridgehead atoms. The molecule has 0 aromatic carbocycles. The molecular formula is C4H6KN2O6. The zero-order chi connectivity index (χ0) is 9.72. The molecule has 0 saturated heterocycles. The fourth-order valence-electron chi connectivity index (χ4n) is 0.466. The topological polar surface area (TPSA) is 113 Å². The quantitative estimate of drug-likeness (QED) is 0.197. The van der Waals surface area contributed by atoms with Crippen molar-refractivity contribution in [3.8, 4) is 0 Å². The van der Waals surface area contributed by atoms with Crippen LogP contribution in [0.1, 0.15) is 6.92 Å². The van der Waals surface area contributed by atoms with Crippen molar-refractivity contribution < 1.29 is 19.4 Å². The van der Waals surface area contributed by atoms with Gasteiger partial charge in [-0.15, -0.1) is 0 Å². The van der Waals surface area contributed by atoms with Crippen LogP contribution in [-0.4, -0.2) is 80.0 Å². The third-order valence-electron chi connectivity index (χ3n) is 0.897. The molecule has 0 spiro atoms. The average molecular weight is 217 g/mol. The van der Waals surface area contributed by atoms with E-state index in [-0.39, 0.29) is 58.0 Å². The van der Waals surface area contributed by atoms with Crippen molar-refractivity contribution in [2.24, 2.45) is 0 Å². The Hall–Kier alpha value is -0.0936. The van der Waals surface area contributed by atoms with Gasteiger partial charge in [-0.2, -0.15) is 0 Å². The predicted octanol–water partition coefficient (Wildman–Crippen LogP) is -0.952. The number of carbonyl (C=O) groups is 1. The van der Waals surface area contributed by atoms with Crippen LogP contribution in [0.4, 0.5) is 0 Å². The molecule has 1 radical (unpaired) electrons. The first kappa shape index (κ1) is 15.4. The first-order valence-corrected chi connectivity index (χ1v) is 2.94. The van der Waals surface area contributed by atoms with Gasteiger partial charge in [0.2, 0.25) is 0 Å². The Morgan fingerprint density at radius 3 is 2.00 bits per heavy atom. The van der Waals surface area contributed by atoms with E-state index >= 15 is 0 Å². The number of rotatable bonds is 4. The molecule has 0 aliphatic carbocycles. The van der Waals surface area contributed by atoms with Gasteiger partial charge in [-0.1, -0.05) is 0 Å². The third kappa shape index (κ3) is 5.26. The van der Waals surface area contributed by atoms with Gasteiger partial charge < -0.3 is 4.74 Å². The monoisotopic (exact) mass is 217 g/mol. The van der Waals surface area contributed by atoms with Crippen LogP contribution in [0.5, 0.6) is 0 Å². The minimum atomic E-state index is -2.51. The van der Waals surface area contributed by atoms with E-state index in [0.717, 1.165) is 0 Å². The molecule has 0 unspecified atom stereocenters. The summed E-state index contributed by atoms with van der Waals surface area (Å²) in [5.74, 6) is -1.45. The molecule has 13 heavy (non-hydrogen) atoms. The van der Waals surface area contributed by atoms with Crippen molar-refractivity contribution in [2.45, 2.75) is 13.1 Å². The van der Waals surface area contributed by atoms with E-state index in [1.165, 1.54) is 6.92 Å². The fourth-order valence-corrected chi connectivity index (χ4v) is 0.466. The molecule has 0 aliphatic rings. The summed E-state index contributed by atoms with van der Waals surface area (Å²) in [4.78, 5) is 27.7. The van der Waals surface area contributed by atoms with E-state index in [0.29, 0.717) is 0 Å². The second kappa shape index (κ2) is 7.32. The summed E-state index contributed by atoms with van der Waals surface area (Å²) in [6.45, 7) is 1.27. The van der Waals surface area contributed by atoms with Gasteiger partial charge in [0.05, 0.1) is 6.61 Å². The number of ether oxygens (including phenoxy) is 1. The third-order valence-corrected chi connectivity index (χ3v) is 0.897. The molecule has 69 valence electrons. The molecular weight excluding hydrogens is 211 g/mol. The summed E-state index contributed by atoms with van der Waals surface area (Å²) in [6, 6.07) is 0. The number of hydrogen-bond acceptors (Lipinski definition) is 6. The van der Waals surface area contributed by atoms with Crippen LogP contribution in [0.2, 0.25) is 0 Å². The molecule has 0 fully saturated rings. The summed E-state index contributed by atoms with van der Waals surface area (Å²) in [5.41, 5.74) is 0. The van der Waals surface area contributed by atoms with Crippen LogP contribution < -0.4 is 0 Å². The smallest absolute Gasteiger partial charge is 0.455 e. The maximum Gasteiger partial charge on any atom is 0.545 e. The van der Waals surface area contributed by atoms with E-state index < -0.39 is 22.0 Å². The van der Waals surface area contributed by atoms with E-state index in [2.05, 4.69) is 4.74 Å². The Bertz CT molecular complexity index is 205. The summed E-state index contributed by atoms with van der Waals surface area (Å²) < 4.78 is 4.10. The molecule has 0 atom stereocenters. The van der Waals surface area contributed by atoms with Gasteiger partial charge in [0.25, 0.3) is 0 Å². The molecule has 0 aromatic heterocycles. The van der Waals surface area contributed by atoms with Crippen LogP contribution >= 0.6 is 0 Å². The van der Waals surface area contributed by atoms with E-state index in [4.69, 9.17) is 0 Å². The maximum absolute atomic E-state index is 10.5. The van der Waals surface area contributed by atoms with Gasteiger partial charge in [0.15, 0.2) is 0 Å². The molecule has 9 heteroatoms. The van der Waals surface area contributed by atoms with Crippen molar-refractivity contribution >= 4 is 57.4 Å². The number of hydrogen-bond donors (Lipinski definition) is 0. The van der Waals surface area contributed by atoms with Crippen molar-refractivity contribution in [1.82, 2.24) is 0 Å². The maximum atomic E-state index is 10.5. The number of esters is 1. The van der Waals surface area contributed by atoms with Crippen LogP contribution in [0.3, 0.4) is 0 Å². The van der Waals surface area contributed by atoms with Crippen LogP contribution in [0.15, 0.2) is 0 Å². The number of carbonyl (C=O) groups excluding carboxylic acids is 1. The van der Waals surface area contributed by atoms with Gasteiger partial charge in [0.1, 0.15) is 9.85 Å². The Morgan fingerprint density at radius 1 is 1.38 bits per heavy atom. The molecule has 0 heterocycles. The van der Waals surface area contributed by atoms with Gasteiger partial charge in [-0.25, -0.2) is 4.79 Å². The summed E-state index contributed by atoms with van der Waals surface area (Å²) in [6.07, 6.45) is -2.51. The van der Waals surface area contributed by atoms with E-state index in [9.17, 15) is 25.0 Å². The standard InChI is InChI=1S/C4H6N2O6.K/c1-2-12-4(7)3(5(8)9)6(10)11;/h3H,2H2,1H3;. The van der Waals surface area contributed by atoms with Crippen molar-refractivity contribution in [1.29, 1.82) is 0 Å². The second-order valence-electron chi connectivity index (χ2n) is 1.70. The van der Waals surface area contributed by atoms with E-state index in [1.807, 2.05) is 0 Å². The normalized spacial score (nSPS) is 8.77. The SMILES string of the molecule is CCOC(=O)C([N+](=O)[O-])[N+](=O)[O-].[K]. The Kier molecular flexibility index (Phi) is 8.67. The van der Waals surface area contributed by atoms with Crippen LogP contribution in [0, 0.1) is 20.2 Å². The Morgan fingerprint density at radius 2 is 1.77 bits per heavy atom. The predicted molar refractivity (Wildman–Crippen MR) is 40.2 cm³/mol. The summed E-state index contributed by atoms with van der Waals surface area (Å²) in [7, 11) is 0. The first-order valence-electron chi connectivity index (χ1n) is 2.94. The molecule has 8 nitrogen and oxygen atoms in total.